The number of rotatable bonds is 5. The molecule has 0 saturated carbocycles. The van der Waals surface area contributed by atoms with E-state index < -0.39 is 0 Å². The Bertz CT molecular complexity index is 381. The van der Waals surface area contributed by atoms with Crippen LogP contribution in [-0.2, 0) is 6.54 Å². The fourth-order valence-electron chi connectivity index (χ4n) is 2.78. The van der Waals surface area contributed by atoms with Crippen molar-refractivity contribution >= 4 is 0 Å². The van der Waals surface area contributed by atoms with Crippen LogP contribution in [0.25, 0.3) is 0 Å². The van der Waals surface area contributed by atoms with Crippen LogP contribution in [0.2, 0.25) is 0 Å². The summed E-state index contributed by atoms with van der Waals surface area (Å²) in [4.78, 5) is 2.51. The summed E-state index contributed by atoms with van der Waals surface area (Å²) in [6, 6.07) is 8.70. The minimum absolute atomic E-state index is 0.535. The highest BCUT2D eigenvalue weighted by Gasteiger charge is 2.25. The molecule has 1 aromatic carbocycles. The third-order valence-electron chi connectivity index (χ3n) is 3.74. The van der Waals surface area contributed by atoms with Gasteiger partial charge in [0.05, 0.1) is 0 Å². The quantitative estimate of drug-likeness (QED) is 0.868. The highest BCUT2D eigenvalue weighted by molar-refractivity contribution is 5.32. The Balaban J connectivity index is 1.81. The molecule has 0 aliphatic carbocycles. The van der Waals surface area contributed by atoms with E-state index in [1.54, 1.807) is 0 Å². The van der Waals surface area contributed by atoms with Crippen molar-refractivity contribution in [2.45, 2.75) is 32.9 Å². The lowest BCUT2D eigenvalue weighted by atomic mass is 10.1. The molecule has 18 heavy (non-hydrogen) atoms. The van der Waals surface area contributed by atoms with Crippen molar-refractivity contribution < 1.29 is 4.74 Å². The van der Waals surface area contributed by atoms with E-state index in [0.717, 1.165) is 30.4 Å². The van der Waals surface area contributed by atoms with Crippen LogP contribution in [-0.4, -0.2) is 30.6 Å². The largest absolute Gasteiger partial charge is 0.492 e. The molecule has 0 radical (unpaired) electrons. The van der Waals surface area contributed by atoms with E-state index >= 15 is 0 Å². The SMILES string of the molecule is CC1CC(C)N(CCOc2ccccc2CN)C1. The monoisotopic (exact) mass is 248 g/mol. The van der Waals surface area contributed by atoms with Gasteiger partial charge in [-0.05, 0) is 25.3 Å². The van der Waals surface area contributed by atoms with Crippen LogP contribution in [0.3, 0.4) is 0 Å². The minimum Gasteiger partial charge on any atom is -0.492 e. The van der Waals surface area contributed by atoms with E-state index in [9.17, 15) is 0 Å². The zero-order valence-electron chi connectivity index (χ0n) is 11.4. The summed E-state index contributed by atoms with van der Waals surface area (Å²) in [7, 11) is 0. The minimum atomic E-state index is 0.535. The van der Waals surface area contributed by atoms with Gasteiger partial charge >= 0.3 is 0 Å². The van der Waals surface area contributed by atoms with Gasteiger partial charge in [-0.15, -0.1) is 0 Å². The van der Waals surface area contributed by atoms with Crippen molar-refractivity contribution in [2.24, 2.45) is 11.7 Å². The van der Waals surface area contributed by atoms with Crippen LogP contribution in [0.5, 0.6) is 5.75 Å². The van der Waals surface area contributed by atoms with Crippen LogP contribution in [0.15, 0.2) is 24.3 Å². The molecule has 0 bridgehead atoms. The second-order valence-electron chi connectivity index (χ2n) is 5.35. The van der Waals surface area contributed by atoms with Gasteiger partial charge in [-0.25, -0.2) is 0 Å². The van der Waals surface area contributed by atoms with E-state index in [0.29, 0.717) is 12.6 Å². The van der Waals surface area contributed by atoms with Gasteiger partial charge in [0.2, 0.25) is 0 Å². The molecule has 1 saturated heterocycles. The predicted octanol–water partition coefficient (Wildman–Crippen LogP) is 2.25. The molecule has 2 atom stereocenters. The molecule has 1 aliphatic rings. The fourth-order valence-corrected chi connectivity index (χ4v) is 2.78. The molecule has 0 aromatic heterocycles. The number of nitrogens with zero attached hydrogens (tertiary/aromatic N) is 1. The van der Waals surface area contributed by atoms with Crippen LogP contribution in [0.1, 0.15) is 25.8 Å². The number of ether oxygens (including phenoxy) is 1. The highest BCUT2D eigenvalue weighted by atomic mass is 16.5. The third-order valence-corrected chi connectivity index (χ3v) is 3.74. The number of benzene rings is 1. The Morgan fingerprint density at radius 3 is 2.78 bits per heavy atom. The van der Waals surface area contributed by atoms with Crippen LogP contribution >= 0.6 is 0 Å². The predicted molar refractivity (Wildman–Crippen MR) is 74.6 cm³/mol. The van der Waals surface area contributed by atoms with E-state index in [4.69, 9.17) is 10.5 Å². The van der Waals surface area contributed by atoms with Gasteiger partial charge in [0.25, 0.3) is 0 Å². The van der Waals surface area contributed by atoms with Gasteiger partial charge in [-0.1, -0.05) is 25.1 Å². The number of hydrogen-bond donors (Lipinski definition) is 1. The smallest absolute Gasteiger partial charge is 0.123 e. The fraction of sp³-hybridized carbons (Fsp3) is 0.600. The topological polar surface area (TPSA) is 38.5 Å². The van der Waals surface area contributed by atoms with Crippen LogP contribution in [0.4, 0.5) is 0 Å². The molecule has 1 heterocycles. The van der Waals surface area contributed by atoms with E-state index in [1.165, 1.54) is 13.0 Å². The average Bonchev–Trinajstić information content (AvgIpc) is 2.68. The summed E-state index contributed by atoms with van der Waals surface area (Å²) in [5.74, 6) is 1.75. The van der Waals surface area contributed by atoms with Crippen molar-refractivity contribution in [3.63, 3.8) is 0 Å². The zero-order chi connectivity index (χ0) is 13.0. The Labute approximate surface area is 110 Å². The summed E-state index contributed by atoms with van der Waals surface area (Å²) in [5.41, 5.74) is 6.78. The molecule has 0 spiro atoms. The second-order valence-corrected chi connectivity index (χ2v) is 5.35. The van der Waals surface area contributed by atoms with Crippen molar-refractivity contribution in [1.82, 2.24) is 4.90 Å². The van der Waals surface area contributed by atoms with Gasteiger partial charge in [0, 0.05) is 31.2 Å². The van der Waals surface area contributed by atoms with Crippen LogP contribution in [0, 0.1) is 5.92 Å². The molecule has 1 aliphatic heterocycles. The molecular formula is C15H24N2O. The zero-order valence-corrected chi connectivity index (χ0v) is 11.4. The maximum atomic E-state index is 5.85. The first kappa shape index (κ1) is 13.4. The van der Waals surface area contributed by atoms with Crippen molar-refractivity contribution in [1.29, 1.82) is 0 Å². The number of likely N-dealkylation sites (tertiary alicyclic amines) is 1. The Kier molecular flexibility index (Phi) is 4.61. The molecule has 1 fully saturated rings. The summed E-state index contributed by atoms with van der Waals surface area (Å²) < 4.78 is 5.85. The Hall–Kier alpha value is -1.06. The molecule has 3 nitrogen and oxygen atoms in total. The molecule has 3 heteroatoms. The Morgan fingerprint density at radius 1 is 1.33 bits per heavy atom. The molecule has 2 N–H and O–H groups in total. The molecule has 100 valence electrons. The summed E-state index contributed by atoms with van der Waals surface area (Å²) in [6.07, 6.45) is 1.30. The number of para-hydroxylation sites is 1. The first-order valence-corrected chi connectivity index (χ1v) is 6.85. The molecule has 2 unspecified atom stereocenters. The number of nitrogens with two attached hydrogens (primary N) is 1. The molecular weight excluding hydrogens is 224 g/mol. The lowest BCUT2D eigenvalue weighted by Crippen LogP contribution is -2.31. The first-order valence-electron chi connectivity index (χ1n) is 6.85. The average molecular weight is 248 g/mol. The summed E-state index contributed by atoms with van der Waals surface area (Å²) in [6.45, 7) is 8.10. The standard InChI is InChI=1S/C15H24N2O/c1-12-9-13(2)17(11-12)7-8-18-15-6-4-3-5-14(15)10-16/h3-6,12-13H,7-11,16H2,1-2H3. The normalized spacial score (nSPS) is 24.4. The first-order chi connectivity index (χ1) is 8.70. The van der Waals surface area contributed by atoms with Crippen molar-refractivity contribution in [2.75, 3.05) is 19.7 Å². The molecule has 0 amide bonds. The van der Waals surface area contributed by atoms with Crippen molar-refractivity contribution in [3.05, 3.63) is 29.8 Å². The van der Waals surface area contributed by atoms with Crippen molar-refractivity contribution in [3.8, 4) is 5.75 Å². The molecule has 1 aromatic rings. The van der Waals surface area contributed by atoms with Gasteiger partial charge in [0.1, 0.15) is 12.4 Å². The maximum absolute atomic E-state index is 5.85. The van der Waals surface area contributed by atoms with Gasteiger partial charge in [0.15, 0.2) is 0 Å². The van der Waals surface area contributed by atoms with Gasteiger partial charge < -0.3 is 10.5 Å². The maximum Gasteiger partial charge on any atom is 0.123 e. The van der Waals surface area contributed by atoms with Gasteiger partial charge in [-0.3, -0.25) is 4.90 Å². The van der Waals surface area contributed by atoms with Gasteiger partial charge in [-0.2, -0.15) is 0 Å². The lowest BCUT2D eigenvalue weighted by molar-refractivity contribution is 0.201. The number of hydrogen-bond acceptors (Lipinski definition) is 3. The third kappa shape index (κ3) is 3.24. The van der Waals surface area contributed by atoms with E-state index in [1.807, 2.05) is 24.3 Å². The summed E-state index contributed by atoms with van der Waals surface area (Å²) >= 11 is 0. The van der Waals surface area contributed by atoms with E-state index in [2.05, 4.69) is 18.7 Å². The lowest BCUT2D eigenvalue weighted by Gasteiger charge is -2.21. The molecule has 2 rings (SSSR count). The second kappa shape index (κ2) is 6.21. The Morgan fingerprint density at radius 2 is 2.11 bits per heavy atom. The highest BCUT2D eigenvalue weighted by Crippen LogP contribution is 2.22. The van der Waals surface area contributed by atoms with Crippen LogP contribution < -0.4 is 10.5 Å². The van der Waals surface area contributed by atoms with E-state index in [-0.39, 0.29) is 0 Å². The summed E-state index contributed by atoms with van der Waals surface area (Å²) in [5, 5.41) is 0.